The van der Waals surface area contributed by atoms with Crippen LogP contribution in [0.5, 0.6) is 5.75 Å². The fourth-order valence-corrected chi connectivity index (χ4v) is 4.54. The molecule has 0 aliphatic carbocycles. The summed E-state index contributed by atoms with van der Waals surface area (Å²) in [4.78, 5) is 15.3. The molecule has 31 heavy (non-hydrogen) atoms. The van der Waals surface area contributed by atoms with E-state index in [1.165, 1.54) is 24.6 Å². The van der Waals surface area contributed by atoms with Crippen molar-refractivity contribution in [2.45, 2.75) is 36.7 Å². The Balaban J connectivity index is 1.54. The first-order valence-electron chi connectivity index (χ1n) is 10.5. The highest BCUT2D eigenvalue weighted by molar-refractivity contribution is 8.00. The SMILES string of the molecule is COc1ccccc1NC(=O)C(C)Sc1nnc(CN2CCCC2)n1-c1ccccc1. The van der Waals surface area contributed by atoms with Crippen LogP contribution in [0.25, 0.3) is 5.69 Å². The molecule has 2 heterocycles. The number of anilines is 1. The van der Waals surface area contributed by atoms with Gasteiger partial charge < -0.3 is 10.1 Å². The monoisotopic (exact) mass is 437 g/mol. The van der Waals surface area contributed by atoms with Crippen molar-refractivity contribution in [3.63, 3.8) is 0 Å². The van der Waals surface area contributed by atoms with E-state index >= 15 is 0 Å². The molecular formula is C23H27N5O2S. The number of methoxy groups -OCH3 is 1. The van der Waals surface area contributed by atoms with Crippen molar-refractivity contribution in [1.29, 1.82) is 0 Å². The molecule has 2 aromatic carbocycles. The van der Waals surface area contributed by atoms with Gasteiger partial charge in [-0.1, -0.05) is 42.1 Å². The molecule has 1 amide bonds. The third-order valence-corrected chi connectivity index (χ3v) is 6.34. The van der Waals surface area contributed by atoms with E-state index in [9.17, 15) is 4.79 Å². The lowest BCUT2D eigenvalue weighted by Gasteiger charge is -2.17. The van der Waals surface area contributed by atoms with Crippen molar-refractivity contribution in [3.05, 3.63) is 60.4 Å². The zero-order chi connectivity index (χ0) is 21.6. The molecule has 0 radical (unpaired) electrons. The minimum atomic E-state index is -0.365. The van der Waals surface area contributed by atoms with Crippen LogP contribution in [-0.2, 0) is 11.3 Å². The molecular weight excluding hydrogens is 410 g/mol. The van der Waals surface area contributed by atoms with Crippen LogP contribution >= 0.6 is 11.8 Å². The predicted octanol–water partition coefficient (Wildman–Crippen LogP) is 3.99. The maximum absolute atomic E-state index is 12.9. The second-order valence-electron chi connectivity index (χ2n) is 7.50. The summed E-state index contributed by atoms with van der Waals surface area (Å²) in [6.07, 6.45) is 2.45. The molecule has 1 aliphatic heterocycles. The molecule has 1 unspecified atom stereocenters. The summed E-state index contributed by atoms with van der Waals surface area (Å²) < 4.78 is 7.40. The number of carbonyl (C=O) groups is 1. The van der Waals surface area contributed by atoms with Gasteiger partial charge in [0.2, 0.25) is 5.91 Å². The molecule has 0 bridgehead atoms. The highest BCUT2D eigenvalue weighted by atomic mass is 32.2. The van der Waals surface area contributed by atoms with Gasteiger partial charge in [0.25, 0.3) is 0 Å². The van der Waals surface area contributed by atoms with Crippen LogP contribution in [0.4, 0.5) is 5.69 Å². The second-order valence-corrected chi connectivity index (χ2v) is 8.81. The maximum Gasteiger partial charge on any atom is 0.237 e. The number of aromatic nitrogens is 3. The van der Waals surface area contributed by atoms with Gasteiger partial charge in [-0.3, -0.25) is 14.3 Å². The highest BCUT2D eigenvalue weighted by Gasteiger charge is 2.23. The van der Waals surface area contributed by atoms with Crippen LogP contribution in [0.1, 0.15) is 25.6 Å². The van der Waals surface area contributed by atoms with Gasteiger partial charge in [-0.25, -0.2) is 0 Å². The summed E-state index contributed by atoms with van der Waals surface area (Å²) in [7, 11) is 1.59. The zero-order valence-corrected chi connectivity index (χ0v) is 18.6. The number of hydrogen-bond donors (Lipinski definition) is 1. The van der Waals surface area contributed by atoms with Crippen LogP contribution in [0, 0.1) is 0 Å². The molecule has 0 spiro atoms. The molecule has 8 heteroatoms. The fraction of sp³-hybridized carbons (Fsp3) is 0.348. The van der Waals surface area contributed by atoms with Gasteiger partial charge in [0.15, 0.2) is 11.0 Å². The van der Waals surface area contributed by atoms with Gasteiger partial charge in [-0.15, -0.1) is 10.2 Å². The number of thioether (sulfide) groups is 1. The molecule has 0 saturated carbocycles. The van der Waals surface area contributed by atoms with E-state index in [0.29, 0.717) is 16.6 Å². The Bertz CT molecular complexity index is 1020. The van der Waals surface area contributed by atoms with Crippen LogP contribution in [0.2, 0.25) is 0 Å². The van der Waals surface area contributed by atoms with Gasteiger partial charge in [0.05, 0.1) is 24.6 Å². The van der Waals surface area contributed by atoms with Crippen molar-refractivity contribution in [2.24, 2.45) is 0 Å². The Kier molecular flexibility index (Phi) is 6.89. The maximum atomic E-state index is 12.9. The first-order valence-corrected chi connectivity index (χ1v) is 11.4. The summed E-state index contributed by atoms with van der Waals surface area (Å²) >= 11 is 1.40. The topological polar surface area (TPSA) is 72.3 Å². The van der Waals surface area contributed by atoms with Gasteiger partial charge in [-0.2, -0.15) is 0 Å². The normalized spacial score (nSPS) is 15.0. The lowest BCUT2D eigenvalue weighted by atomic mass is 10.3. The third-order valence-electron chi connectivity index (χ3n) is 5.29. The van der Waals surface area contributed by atoms with E-state index in [1.807, 2.05) is 61.5 Å². The number of likely N-dealkylation sites (tertiary alicyclic amines) is 1. The molecule has 1 saturated heterocycles. The molecule has 3 aromatic rings. The average Bonchev–Trinajstić information content (AvgIpc) is 3.45. The largest absolute Gasteiger partial charge is 0.495 e. The van der Waals surface area contributed by atoms with Gasteiger partial charge in [0.1, 0.15) is 5.75 Å². The summed E-state index contributed by atoms with van der Waals surface area (Å²) in [5.41, 5.74) is 1.66. The predicted molar refractivity (Wildman–Crippen MR) is 123 cm³/mol. The van der Waals surface area contributed by atoms with E-state index < -0.39 is 0 Å². The molecule has 1 aliphatic rings. The minimum Gasteiger partial charge on any atom is -0.495 e. The number of ether oxygens (including phenoxy) is 1. The molecule has 1 N–H and O–H groups in total. The van der Waals surface area contributed by atoms with Crippen molar-refractivity contribution in [3.8, 4) is 11.4 Å². The number of hydrogen-bond acceptors (Lipinski definition) is 6. The lowest BCUT2D eigenvalue weighted by Crippen LogP contribution is -2.23. The van der Waals surface area contributed by atoms with E-state index in [2.05, 4.69) is 25.0 Å². The number of nitrogens with zero attached hydrogens (tertiary/aromatic N) is 4. The Labute approximate surface area is 186 Å². The average molecular weight is 438 g/mol. The smallest absolute Gasteiger partial charge is 0.237 e. The molecule has 1 aromatic heterocycles. The van der Waals surface area contributed by atoms with Crippen molar-refractivity contribution in [2.75, 3.05) is 25.5 Å². The Morgan fingerprint density at radius 2 is 1.81 bits per heavy atom. The summed E-state index contributed by atoms with van der Waals surface area (Å²) in [6, 6.07) is 17.5. The Morgan fingerprint density at radius 1 is 1.10 bits per heavy atom. The van der Waals surface area contributed by atoms with E-state index in [4.69, 9.17) is 4.74 Å². The summed E-state index contributed by atoms with van der Waals surface area (Å²) in [5.74, 6) is 1.42. The number of benzene rings is 2. The minimum absolute atomic E-state index is 0.113. The third kappa shape index (κ3) is 5.08. The fourth-order valence-electron chi connectivity index (χ4n) is 3.65. The van der Waals surface area contributed by atoms with E-state index in [-0.39, 0.29) is 11.2 Å². The Morgan fingerprint density at radius 3 is 2.55 bits per heavy atom. The molecule has 1 fully saturated rings. The number of rotatable bonds is 8. The molecule has 4 rings (SSSR count). The van der Waals surface area contributed by atoms with Crippen LogP contribution in [0.3, 0.4) is 0 Å². The van der Waals surface area contributed by atoms with E-state index in [0.717, 1.165) is 31.1 Å². The standard InChI is InChI=1S/C23H27N5O2S/c1-17(22(29)24-19-12-6-7-13-20(19)30-2)31-23-26-25-21(16-27-14-8-9-15-27)28(23)18-10-4-3-5-11-18/h3-7,10-13,17H,8-9,14-16H2,1-2H3,(H,24,29). The first kappa shape index (κ1) is 21.4. The summed E-state index contributed by atoms with van der Waals surface area (Å²) in [6.45, 7) is 4.80. The van der Waals surface area contributed by atoms with Crippen LogP contribution < -0.4 is 10.1 Å². The summed E-state index contributed by atoms with van der Waals surface area (Å²) in [5, 5.41) is 12.2. The Hall–Kier alpha value is -2.84. The van der Waals surface area contributed by atoms with Gasteiger partial charge in [0, 0.05) is 5.69 Å². The highest BCUT2D eigenvalue weighted by Crippen LogP contribution is 2.29. The van der Waals surface area contributed by atoms with Crippen molar-refractivity contribution < 1.29 is 9.53 Å². The van der Waals surface area contributed by atoms with Crippen LogP contribution in [0.15, 0.2) is 59.8 Å². The van der Waals surface area contributed by atoms with Gasteiger partial charge >= 0.3 is 0 Å². The number of amides is 1. The molecule has 1 atom stereocenters. The molecule has 7 nitrogen and oxygen atoms in total. The van der Waals surface area contributed by atoms with Crippen LogP contribution in [-0.4, -0.2) is 51.0 Å². The zero-order valence-electron chi connectivity index (χ0n) is 17.8. The van der Waals surface area contributed by atoms with Crippen molar-refractivity contribution in [1.82, 2.24) is 19.7 Å². The number of nitrogens with one attached hydrogen (secondary N) is 1. The second kappa shape index (κ2) is 9.98. The number of carbonyl (C=O) groups excluding carboxylic acids is 1. The first-order chi connectivity index (χ1) is 15.2. The molecule has 162 valence electrons. The number of para-hydroxylation sites is 3. The lowest BCUT2D eigenvalue weighted by molar-refractivity contribution is -0.115. The quantitative estimate of drug-likeness (QED) is 0.537. The van der Waals surface area contributed by atoms with Crippen molar-refractivity contribution >= 4 is 23.4 Å². The van der Waals surface area contributed by atoms with Gasteiger partial charge in [-0.05, 0) is 57.1 Å². The van der Waals surface area contributed by atoms with E-state index in [1.54, 1.807) is 7.11 Å².